The fraction of sp³-hybridized carbons (Fsp3) is 0.444. The molecule has 2 N–H and O–H groups in total. The van der Waals surface area contributed by atoms with Crippen LogP contribution in [0.25, 0.3) is 0 Å². The Kier molecular flexibility index (Phi) is 4.12. The Balaban J connectivity index is 3.10. The molecule has 0 unspecified atom stereocenters. The topological polar surface area (TPSA) is 71.1 Å². The van der Waals surface area contributed by atoms with Crippen LogP contribution in [0.1, 0.15) is 13.8 Å². The number of sulfonamides is 1. The summed E-state index contributed by atoms with van der Waals surface area (Å²) in [5.41, 5.74) is 0. The smallest absolute Gasteiger partial charge is 0.242 e. The third kappa shape index (κ3) is 3.07. The van der Waals surface area contributed by atoms with E-state index in [1.807, 2.05) is 0 Å². The van der Waals surface area contributed by atoms with Crippen LogP contribution in [0.3, 0.4) is 0 Å². The first-order valence-electron chi connectivity index (χ1n) is 4.72. The molecule has 16 heavy (non-hydrogen) atoms. The van der Waals surface area contributed by atoms with E-state index >= 15 is 0 Å². The Bertz CT molecular complexity index is 474. The molecule has 1 heterocycles. The highest BCUT2D eigenvalue weighted by atomic mass is 35.5. The van der Waals surface area contributed by atoms with Crippen molar-refractivity contribution in [3.8, 4) is 0 Å². The molecule has 5 nitrogen and oxygen atoms in total. The number of halogens is 1. The van der Waals surface area contributed by atoms with E-state index in [0.29, 0.717) is 5.82 Å². The lowest BCUT2D eigenvalue weighted by atomic mass is 10.4. The van der Waals surface area contributed by atoms with Crippen LogP contribution < -0.4 is 10.0 Å². The van der Waals surface area contributed by atoms with Gasteiger partial charge in [-0.2, -0.15) is 0 Å². The minimum Gasteiger partial charge on any atom is -0.372 e. The molecule has 0 radical (unpaired) electrons. The highest BCUT2D eigenvalue weighted by Crippen LogP contribution is 2.21. The summed E-state index contributed by atoms with van der Waals surface area (Å²) in [6.07, 6.45) is 1.27. The summed E-state index contributed by atoms with van der Waals surface area (Å²) >= 11 is 5.85. The number of hydrogen-bond donors (Lipinski definition) is 2. The van der Waals surface area contributed by atoms with Gasteiger partial charge in [-0.3, -0.25) is 0 Å². The van der Waals surface area contributed by atoms with Crippen molar-refractivity contribution in [3.05, 3.63) is 17.3 Å². The van der Waals surface area contributed by atoms with Gasteiger partial charge in [0.25, 0.3) is 0 Å². The Morgan fingerprint density at radius 2 is 2.06 bits per heavy atom. The minimum absolute atomic E-state index is 0.0604. The van der Waals surface area contributed by atoms with E-state index in [2.05, 4.69) is 15.0 Å². The molecule has 0 aliphatic carbocycles. The molecule has 0 saturated carbocycles. The molecule has 0 atom stereocenters. The average Bonchev–Trinajstić information content (AvgIpc) is 2.15. The Morgan fingerprint density at radius 3 is 2.50 bits per heavy atom. The van der Waals surface area contributed by atoms with Gasteiger partial charge in [0.15, 0.2) is 0 Å². The van der Waals surface area contributed by atoms with Crippen molar-refractivity contribution in [3.63, 3.8) is 0 Å². The van der Waals surface area contributed by atoms with Gasteiger partial charge in [0.05, 0.1) is 5.02 Å². The van der Waals surface area contributed by atoms with Gasteiger partial charge in [-0.15, -0.1) is 0 Å². The van der Waals surface area contributed by atoms with Gasteiger partial charge in [-0.25, -0.2) is 18.1 Å². The lowest BCUT2D eigenvalue weighted by Crippen LogP contribution is -2.30. The van der Waals surface area contributed by atoms with Crippen molar-refractivity contribution in [1.82, 2.24) is 9.71 Å². The number of nitrogens with zero attached hydrogens (tertiary/aromatic N) is 1. The first-order valence-corrected chi connectivity index (χ1v) is 6.58. The highest BCUT2D eigenvalue weighted by Gasteiger charge is 2.17. The molecular weight excluding hydrogens is 250 g/mol. The van der Waals surface area contributed by atoms with Crippen LogP contribution in [-0.4, -0.2) is 26.5 Å². The number of hydrogen-bond acceptors (Lipinski definition) is 4. The van der Waals surface area contributed by atoms with Crippen LogP contribution in [0.2, 0.25) is 5.02 Å². The van der Waals surface area contributed by atoms with Crippen molar-refractivity contribution in [2.24, 2.45) is 0 Å². The Hall–Kier alpha value is -0.850. The quantitative estimate of drug-likeness (QED) is 0.863. The van der Waals surface area contributed by atoms with E-state index in [4.69, 9.17) is 11.6 Å². The third-order valence-corrected chi connectivity index (χ3v) is 3.67. The molecule has 0 aromatic carbocycles. The van der Waals surface area contributed by atoms with Gasteiger partial charge in [0.1, 0.15) is 10.7 Å². The number of pyridine rings is 1. The summed E-state index contributed by atoms with van der Waals surface area (Å²) in [7, 11) is -1.87. The highest BCUT2D eigenvalue weighted by molar-refractivity contribution is 7.89. The molecule has 1 aromatic heterocycles. The molecule has 0 fully saturated rings. The fourth-order valence-corrected chi connectivity index (χ4v) is 2.68. The SMILES string of the molecule is CNc1ncc(S(=O)(=O)NC(C)C)cc1Cl. The van der Waals surface area contributed by atoms with E-state index in [1.54, 1.807) is 20.9 Å². The lowest BCUT2D eigenvalue weighted by Gasteiger charge is -2.10. The molecule has 1 aromatic rings. The summed E-state index contributed by atoms with van der Waals surface area (Å²) in [5.74, 6) is 0.449. The first-order chi connectivity index (χ1) is 7.36. The molecule has 0 spiro atoms. The Morgan fingerprint density at radius 1 is 1.44 bits per heavy atom. The van der Waals surface area contributed by atoms with Crippen molar-refractivity contribution in [2.45, 2.75) is 24.8 Å². The molecule has 0 aliphatic heterocycles. The average molecular weight is 264 g/mol. The molecule has 0 bridgehead atoms. The normalized spacial score (nSPS) is 11.8. The van der Waals surface area contributed by atoms with Gasteiger partial charge in [0, 0.05) is 19.3 Å². The second-order valence-electron chi connectivity index (χ2n) is 3.53. The number of anilines is 1. The summed E-state index contributed by atoms with van der Waals surface area (Å²) in [6.45, 7) is 3.49. The zero-order valence-electron chi connectivity index (χ0n) is 9.28. The van der Waals surface area contributed by atoms with E-state index in [9.17, 15) is 8.42 Å². The van der Waals surface area contributed by atoms with Gasteiger partial charge >= 0.3 is 0 Å². The van der Waals surface area contributed by atoms with E-state index in [1.165, 1.54) is 12.3 Å². The second kappa shape index (κ2) is 4.99. The van der Waals surface area contributed by atoms with E-state index < -0.39 is 10.0 Å². The summed E-state index contributed by atoms with van der Waals surface area (Å²) in [4.78, 5) is 3.97. The second-order valence-corrected chi connectivity index (χ2v) is 5.65. The molecule has 0 aliphatic rings. The molecule has 0 saturated heterocycles. The van der Waals surface area contributed by atoms with Crippen LogP contribution in [-0.2, 0) is 10.0 Å². The van der Waals surface area contributed by atoms with Crippen molar-refractivity contribution in [1.29, 1.82) is 0 Å². The maximum absolute atomic E-state index is 11.8. The molecular formula is C9H14ClN3O2S. The Labute approximate surface area is 100 Å². The number of nitrogens with one attached hydrogen (secondary N) is 2. The first kappa shape index (κ1) is 13.2. The number of aromatic nitrogens is 1. The van der Waals surface area contributed by atoms with Crippen LogP contribution in [0.15, 0.2) is 17.2 Å². The van der Waals surface area contributed by atoms with Crippen LogP contribution in [0.4, 0.5) is 5.82 Å². The molecule has 90 valence electrons. The standard InChI is InChI=1S/C9H14ClN3O2S/c1-6(2)13-16(14,15)7-4-8(10)9(11-3)12-5-7/h4-6,13H,1-3H3,(H,11,12). The maximum atomic E-state index is 11.8. The lowest BCUT2D eigenvalue weighted by molar-refractivity contribution is 0.569. The predicted octanol–water partition coefficient (Wildman–Crippen LogP) is 1.46. The van der Waals surface area contributed by atoms with Gasteiger partial charge in [-0.1, -0.05) is 11.6 Å². The van der Waals surface area contributed by atoms with Crippen molar-refractivity contribution >= 4 is 27.4 Å². The van der Waals surface area contributed by atoms with Crippen LogP contribution in [0, 0.1) is 0 Å². The van der Waals surface area contributed by atoms with E-state index in [0.717, 1.165) is 0 Å². The molecule has 0 amide bonds. The van der Waals surface area contributed by atoms with Crippen LogP contribution >= 0.6 is 11.6 Å². The third-order valence-electron chi connectivity index (χ3n) is 1.75. The summed E-state index contributed by atoms with van der Waals surface area (Å²) in [5, 5.41) is 3.03. The fourth-order valence-electron chi connectivity index (χ4n) is 1.13. The van der Waals surface area contributed by atoms with Gasteiger partial charge < -0.3 is 5.32 Å². The number of rotatable bonds is 4. The summed E-state index contributed by atoms with van der Waals surface area (Å²) in [6, 6.07) is 1.19. The van der Waals surface area contributed by atoms with Gasteiger partial charge in [-0.05, 0) is 19.9 Å². The molecule has 7 heteroatoms. The van der Waals surface area contributed by atoms with Crippen LogP contribution in [0.5, 0.6) is 0 Å². The van der Waals surface area contributed by atoms with Crippen molar-refractivity contribution < 1.29 is 8.42 Å². The minimum atomic E-state index is -3.53. The van der Waals surface area contributed by atoms with E-state index in [-0.39, 0.29) is 16.0 Å². The predicted molar refractivity (Wildman–Crippen MR) is 64.3 cm³/mol. The zero-order valence-corrected chi connectivity index (χ0v) is 10.9. The van der Waals surface area contributed by atoms with Gasteiger partial charge in [0.2, 0.25) is 10.0 Å². The monoisotopic (exact) mass is 263 g/mol. The zero-order chi connectivity index (χ0) is 12.3. The largest absolute Gasteiger partial charge is 0.372 e. The molecule has 1 rings (SSSR count). The van der Waals surface area contributed by atoms with Crippen molar-refractivity contribution in [2.75, 3.05) is 12.4 Å². The summed E-state index contributed by atoms with van der Waals surface area (Å²) < 4.78 is 26.0. The maximum Gasteiger partial charge on any atom is 0.242 e.